The van der Waals surface area contributed by atoms with Crippen molar-refractivity contribution < 1.29 is 4.79 Å². The molecule has 2 aromatic rings. The zero-order valence-electron chi connectivity index (χ0n) is 12.2. The number of nitrogens with one attached hydrogen (secondary N) is 1. The van der Waals surface area contributed by atoms with Crippen LogP contribution >= 0.6 is 0 Å². The summed E-state index contributed by atoms with van der Waals surface area (Å²) in [6, 6.07) is 7.59. The topological polar surface area (TPSA) is 46.9 Å². The van der Waals surface area contributed by atoms with Crippen LogP contribution in [0.5, 0.6) is 0 Å². The highest BCUT2D eigenvalue weighted by molar-refractivity contribution is 5.92. The second kappa shape index (κ2) is 6.37. The third-order valence-electron chi connectivity index (χ3n) is 3.28. The van der Waals surface area contributed by atoms with Crippen LogP contribution in [0.1, 0.15) is 42.4 Å². The van der Waals surface area contributed by atoms with Crippen LogP contribution in [0.15, 0.2) is 42.9 Å². The standard InChI is InChI=1S/C16H21N3O/c1-12(2)10-14(13-6-4-8-17-11-13)18-16(20)15-7-5-9-19(15)3/h4-9,11-12,14H,10H2,1-3H3,(H,18,20)/t14-/m0/s1. The normalized spacial score (nSPS) is 12.4. The first-order valence-corrected chi connectivity index (χ1v) is 6.90. The SMILES string of the molecule is CC(C)C[C@H](NC(=O)c1cccn1C)c1cccnc1. The van der Waals surface area contributed by atoms with Gasteiger partial charge in [-0.2, -0.15) is 0 Å². The third kappa shape index (κ3) is 3.47. The summed E-state index contributed by atoms with van der Waals surface area (Å²) in [5.74, 6) is 0.445. The Labute approximate surface area is 119 Å². The van der Waals surface area contributed by atoms with Crippen LogP contribution in [0.2, 0.25) is 0 Å². The molecule has 0 aromatic carbocycles. The first kappa shape index (κ1) is 14.3. The van der Waals surface area contributed by atoms with Gasteiger partial charge in [0.15, 0.2) is 0 Å². The molecule has 1 N–H and O–H groups in total. The van der Waals surface area contributed by atoms with Gasteiger partial charge in [-0.25, -0.2) is 0 Å². The van der Waals surface area contributed by atoms with E-state index in [1.807, 2.05) is 48.3 Å². The van der Waals surface area contributed by atoms with Crippen LogP contribution in [-0.2, 0) is 7.05 Å². The first-order chi connectivity index (χ1) is 9.58. The van der Waals surface area contributed by atoms with Gasteiger partial charge in [0.05, 0.1) is 6.04 Å². The van der Waals surface area contributed by atoms with E-state index in [0.29, 0.717) is 11.6 Å². The van der Waals surface area contributed by atoms with Gasteiger partial charge in [-0.15, -0.1) is 0 Å². The largest absolute Gasteiger partial charge is 0.347 e. The van der Waals surface area contributed by atoms with Gasteiger partial charge < -0.3 is 9.88 Å². The molecule has 0 saturated heterocycles. The lowest BCUT2D eigenvalue weighted by molar-refractivity contribution is 0.0923. The number of nitrogens with zero attached hydrogens (tertiary/aromatic N) is 2. The molecule has 0 spiro atoms. The van der Waals surface area contributed by atoms with Gasteiger partial charge in [0, 0.05) is 25.6 Å². The molecule has 4 nitrogen and oxygen atoms in total. The van der Waals surface area contributed by atoms with Gasteiger partial charge >= 0.3 is 0 Å². The molecule has 1 amide bonds. The molecule has 0 unspecified atom stereocenters. The number of hydrogen-bond acceptors (Lipinski definition) is 2. The fourth-order valence-corrected chi connectivity index (χ4v) is 2.26. The molecule has 0 aliphatic heterocycles. The average molecular weight is 271 g/mol. The van der Waals surface area contributed by atoms with Crippen LogP contribution in [0.4, 0.5) is 0 Å². The maximum absolute atomic E-state index is 12.3. The van der Waals surface area contributed by atoms with Crippen molar-refractivity contribution >= 4 is 5.91 Å². The average Bonchev–Trinajstić information content (AvgIpc) is 2.85. The monoisotopic (exact) mass is 271 g/mol. The van der Waals surface area contributed by atoms with E-state index in [1.165, 1.54) is 0 Å². The molecule has 2 heterocycles. The minimum Gasteiger partial charge on any atom is -0.347 e. The van der Waals surface area contributed by atoms with Crippen LogP contribution in [0.25, 0.3) is 0 Å². The number of rotatable bonds is 5. The molecule has 106 valence electrons. The minimum absolute atomic E-state index is 0.00824. The Balaban J connectivity index is 2.16. The van der Waals surface area contributed by atoms with Crippen molar-refractivity contribution in [2.75, 3.05) is 0 Å². The summed E-state index contributed by atoms with van der Waals surface area (Å²) in [4.78, 5) is 16.5. The second-order valence-electron chi connectivity index (χ2n) is 5.45. The van der Waals surface area contributed by atoms with E-state index in [-0.39, 0.29) is 11.9 Å². The Hall–Kier alpha value is -2.10. The van der Waals surface area contributed by atoms with Crippen molar-refractivity contribution in [2.45, 2.75) is 26.3 Å². The molecule has 0 bridgehead atoms. The summed E-state index contributed by atoms with van der Waals surface area (Å²) in [5.41, 5.74) is 1.71. The lowest BCUT2D eigenvalue weighted by Gasteiger charge is -2.21. The van der Waals surface area contributed by atoms with E-state index >= 15 is 0 Å². The summed E-state index contributed by atoms with van der Waals surface area (Å²) in [6.45, 7) is 4.30. The van der Waals surface area contributed by atoms with Gasteiger partial charge in [0.25, 0.3) is 5.91 Å². The van der Waals surface area contributed by atoms with Crippen molar-refractivity contribution in [3.63, 3.8) is 0 Å². The van der Waals surface area contributed by atoms with Crippen molar-refractivity contribution in [1.29, 1.82) is 0 Å². The number of aryl methyl sites for hydroxylation is 1. The number of aromatic nitrogens is 2. The molecule has 20 heavy (non-hydrogen) atoms. The minimum atomic E-state index is -0.0491. The van der Waals surface area contributed by atoms with Crippen molar-refractivity contribution in [2.24, 2.45) is 13.0 Å². The molecule has 0 fully saturated rings. The van der Waals surface area contributed by atoms with E-state index in [4.69, 9.17) is 0 Å². The Kier molecular flexibility index (Phi) is 4.56. The van der Waals surface area contributed by atoms with Crippen molar-refractivity contribution in [3.8, 4) is 0 Å². The van der Waals surface area contributed by atoms with E-state index < -0.39 is 0 Å². The first-order valence-electron chi connectivity index (χ1n) is 6.90. The lowest BCUT2D eigenvalue weighted by Crippen LogP contribution is -2.30. The Morgan fingerprint density at radius 3 is 2.70 bits per heavy atom. The highest BCUT2D eigenvalue weighted by Crippen LogP contribution is 2.21. The van der Waals surface area contributed by atoms with Crippen LogP contribution in [0, 0.1) is 5.92 Å². The van der Waals surface area contributed by atoms with Crippen molar-refractivity contribution in [1.82, 2.24) is 14.9 Å². The molecule has 2 aromatic heterocycles. The molecular weight excluding hydrogens is 250 g/mol. The zero-order valence-corrected chi connectivity index (χ0v) is 12.2. The van der Waals surface area contributed by atoms with Crippen LogP contribution < -0.4 is 5.32 Å². The zero-order chi connectivity index (χ0) is 14.5. The molecule has 0 radical (unpaired) electrons. The molecule has 0 aliphatic rings. The summed E-state index contributed by atoms with van der Waals surface area (Å²) in [7, 11) is 1.87. The van der Waals surface area contributed by atoms with Gasteiger partial charge in [0.2, 0.25) is 0 Å². The van der Waals surface area contributed by atoms with Gasteiger partial charge in [-0.05, 0) is 36.1 Å². The Morgan fingerprint density at radius 2 is 2.15 bits per heavy atom. The van der Waals surface area contributed by atoms with Gasteiger partial charge in [-0.1, -0.05) is 19.9 Å². The summed E-state index contributed by atoms with van der Waals surface area (Å²) in [6.07, 6.45) is 6.32. The lowest BCUT2D eigenvalue weighted by atomic mass is 9.98. The van der Waals surface area contributed by atoms with Crippen molar-refractivity contribution in [3.05, 3.63) is 54.1 Å². The highest BCUT2D eigenvalue weighted by atomic mass is 16.2. The van der Waals surface area contributed by atoms with Gasteiger partial charge in [0.1, 0.15) is 5.69 Å². The van der Waals surface area contributed by atoms with E-state index in [1.54, 1.807) is 6.20 Å². The molecule has 0 saturated carbocycles. The maximum Gasteiger partial charge on any atom is 0.268 e. The molecule has 0 aliphatic carbocycles. The van der Waals surface area contributed by atoms with E-state index in [0.717, 1.165) is 12.0 Å². The second-order valence-corrected chi connectivity index (χ2v) is 5.45. The Morgan fingerprint density at radius 1 is 1.35 bits per heavy atom. The quantitative estimate of drug-likeness (QED) is 0.909. The highest BCUT2D eigenvalue weighted by Gasteiger charge is 2.18. The van der Waals surface area contributed by atoms with E-state index in [2.05, 4.69) is 24.1 Å². The third-order valence-corrected chi connectivity index (χ3v) is 3.28. The predicted molar refractivity (Wildman–Crippen MR) is 79.3 cm³/mol. The predicted octanol–water partition coefficient (Wildman–Crippen LogP) is 2.94. The van der Waals surface area contributed by atoms with Crippen LogP contribution in [0.3, 0.4) is 0 Å². The molecular formula is C16H21N3O. The number of pyridine rings is 1. The van der Waals surface area contributed by atoms with Crippen LogP contribution in [-0.4, -0.2) is 15.5 Å². The fraction of sp³-hybridized carbons (Fsp3) is 0.375. The van der Waals surface area contributed by atoms with Gasteiger partial charge in [-0.3, -0.25) is 9.78 Å². The molecule has 2 rings (SSSR count). The maximum atomic E-state index is 12.3. The smallest absolute Gasteiger partial charge is 0.268 e. The molecule has 4 heteroatoms. The number of carbonyl (C=O) groups excluding carboxylic acids is 1. The number of carbonyl (C=O) groups is 1. The summed E-state index contributed by atoms with van der Waals surface area (Å²) in [5, 5.41) is 3.11. The fourth-order valence-electron chi connectivity index (χ4n) is 2.26. The number of amides is 1. The molecule has 1 atom stereocenters. The van der Waals surface area contributed by atoms with E-state index in [9.17, 15) is 4.79 Å². The summed E-state index contributed by atoms with van der Waals surface area (Å²) >= 11 is 0. The number of hydrogen-bond donors (Lipinski definition) is 1. The Bertz CT molecular complexity index is 560. The summed E-state index contributed by atoms with van der Waals surface area (Å²) < 4.78 is 1.82.